The average Bonchev–Trinajstić information content (AvgIpc) is 3.92. The molecule has 9 rings (SSSR count). The monoisotopic (exact) mass is 901 g/mol. The van der Waals surface area contributed by atoms with Gasteiger partial charge in [0.2, 0.25) is 0 Å². The van der Waals surface area contributed by atoms with E-state index in [-0.39, 0.29) is 17.7 Å². The number of esters is 2. The highest BCUT2D eigenvalue weighted by Crippen LogP contribution is 2.27. The molecule has 9 aromatic rings. The van der Waals surface area contributed by atoms with E-state index in [2.05, 4.69) is 81.0 Å². The zero-order valence-electron chi connectivity index (χ0n) is 35.8. The van der Waals surface area contributed by atoms with Crippen LogP contribution in [0.2, 0.25) is 10.0 Å². The Balaban J connectivity index is 0.000000181. The molecule has 6 aromatic carbocycles. The summed E-state index contributed by atoms with van der Waals surface area (Å²) in [6, 6.07) is 48.7. The lowest BCUT2D eigenvalue weighted by Gasteiger charge is -2.11. The van der Waals surface area contributed by atoms with Gasteiger partial charge in [-0.1, -0.05) is 77.8 Å². The molecule has 3 heterocycles. The lowest BCUT2D eigenvalue weighted by atomic mass is 9.99. The first-order valence-corrected chi connectivity index (χ1v) is 21.7. The molecule has 0 saturated carbocycles. The smallest absolute Gasteiger partial charge is 0.338 e. The van der Waals surface area contributed by atoms with Gasteiger partial charge in [0.15, 0.2) is 0 Å². The fraction of sp³-hybridized carbons (Fsp3) is 0.130. The van der Waals surface area contributed by atoms with E-state index in [1.54, 1.807) is 42.6 Å². The van der Waals surface area contributed by atoms with Gasteiger partial charge in [0.1, 0.15) is 18.1 Å². The summed E-state index contributed by atoms with van der Waals surface area (Å²) in [6.45, 7) is 1.85. The van der Waals surface area contributed by atoms with Gasteiger partial charge in [0.05, 0.1) is 31.0 Å². The molecular formula is C54H45Cl2N3O6. The Kier molecular flexibility index (Phi) is 13.9. The minimum absolute atomic E-state index is 0.269. The van der Waals surface area contributed by atoms with Gasteiger partial charge < -0.3 is 28.5 Å². The molecule has 0 bridgehead atoms. The molecule has 0 radical (unpaired) electrons. The summed E-state index contributed by atoms with van der Waals surface area (Å²) >= 11 is 12.2. The second-order valence-electron chi connectivity index (χ2n) is 15.5. The Bertz CT molecular complexity index is 3120. The van der Waals surface area contributed by atoms with Crippen LogP contribution >= 0.6 is 23.2 Å². The number of carbonyl (C=O) groups is 2. The molecule has 0 atom stereocenters. The Morgan fingerprint density at radius 3 is 1.65 bits per heavy atom. The van der Waals surface area contributed by atoms with Gasteiger partial charge in [-0.3, -0.25) is 4.98 Å². The summed E-state index contributed by atoms with van der Waals surface area (Å²) in [7, 11) is 2.75. The number of aromatic hydroxyl groups is 1. The van der Waals surface area contributed by atoms with Crippen LogP contribution in [0.5, 0.6) is 11.5 Å². The summed E-state index contributed by atoms with van der Waals surface area (Å²) in [5.41, 5.74) is 10.3. The molecule has 11 heteroatoms. The fourth-order valence-corrected chi connectivity index (χ4v) is 8.21. The van der Waals surface area contributed by atoms with E-state index >= 15 is 0 Å². The maximum Gasteiger partial charge on any atom is 0.338 e. The number of phenolic OH excluding ortho intramolecular Hbond substituents is 1. The molecule has 0 saturated heterocycles. The molecule has 0 fully saturated rings. The number of methoxy groups -OCH3 is 2. The van der Waals surface area contributed by atoms with Crippen molar-refractivity contribution in [1.82, 2.24) is 14.1 Å². The minimum atomic E-state index is -0.388. The number of carbonyl (C=O) groups excluding carboxylic acids is 2. The first-order chi connectivity index (χ1) is 31.6. The summed E-state index contributed by atoms with van der Waals surface area (Å²) in [5.74, 6) is 0.318. The normalized spacial score (nSPS) is 11.0. The SMILES string of the molecule is COC(=O)c1cc(Cl)ccc1Cc1ccc2c(ccn2Cc2cccc(O)c2)c1.COC(=O)c1cc(Cl)ccc1Cc1ccc2c(ccn2Cc2cccc(OCc3ccccn3)c2)c1. The van der Waals surface area contributed by atoms with Crippen molar-refractivity contribution in [3.8, 4) is 11.5 Å². The number of rotatable bonds is 13. The van der Waals surface area contributed by atoms with Crippen molar-refractivity contribution in [3.63, 3.8) is 0 Å². The molecule has 0 unspecified atom stereocenters. The van der Waals surface area contributed by atoms with Crippen LogP contribution in [0, 0.1) is 0 Å². The topological polar surface area (TPSA) is 105 Å². The fourth-order valence-electron chi connectivity index (χ4n) is 7.86. The number of hydrogen-bond acceptors (Lipinski definition) is 7. The molecule has 65 heavy (non-hydrogen) atoms. The summed E-state index contributed by atoms with van der Waals surface area (Å²) in [5, 5.41) is 13.0. The molecule has 0 aliphatic rings. The largest absolute Gasteiger partial charge is 0.508 e. The number of nitrogens with zero attached hydrogens (tertiary/aromatic N) is 3. The van der Waals surface area contributed by atoms with Crippen LogP contribution in [0.1, 0.15) is 59.8 Å². The van der Waals surface area contributed by atoms with Gasteiger partial charge in [0.25, 0.3) is 0 Å². The van der Waals surface area contributed by atoms with Crippen molar-refractivity contribution in [2.75, 3.05) is 14.2 Å². The van der Waals surface area contributed by atoms with Crippen LogP contribution in [0.3, 0.4) is 0 Å². The van der Waals surface area contributed by atoms with E-state index in [0.717, 1.165) is 73.2 Å². The van der Waals surface area contributed by atoms with Gasteiger partial charge in [-0.25, -0.2) is 9.59 Å². The standard InChI is InChI=1S/C30H25ClN2O3.C24H20ClNO3/c1-35-30(34)28-18-25(31)10-9-23(28)15-21-8-11-29-24(16-21)12-14-33(29)19-22-5-4-7-27(17-22)36-20-26-6-2-3-13-32-26;1-29-24(28)22-14-20(25)7-6-18(22)11-16-5-8-23-19(12-16)9-10-26(23)15-17-3-2-4-21(27)13-17/h2-14,16-18H,15,19-20H2,1H3;2-10,12-14,27H,11,15H2,1H3. The number of hydrogen-bond donors (Lipinski definition) is 1. The van der Waals surface area contributed by atoms with Crippen LogP contribution < -0.4 is 4.74 Å². The Hall–Kier alpha value is -7.33. The molecule has 3 aromatic heterocycles. The highest BCUT2D eigenvalue weighted by molar-refractivity contribution is 6.31. The number of fused-ring (bicyclic) bond motifs is 2. The zero-order valence-corrected chi connectivity index (χ0v) is 37.3. The lowest BCUT2D eigenvalue weighted by molar-refractivity contribution is 0.0590. The van der Waals surface area contributed by atoms with Crippen molar-refractivity contribution in [3.05, 3.63) is 230 Å². The molecule has 0 spiro atoms. The molecule has 0 amide bonds. The summed E-state index contributed by atoms with van der Waals surface area (Å²) in [4.78, 5) is 28.6. The van der Waals surface area contributed by atoms with E-state index in [1.165, 1.54) is 14.2 Å². The third-order valence-electron chi connectivity index (χ3n) is 11.0. The maximum absolute atomic E-state index is 12.2. The van der Waals surface area contributed by atoms with Gasteiger partial charge in [-0.15, -0.1) is 0 Å². The van der Waals surface area contributed by atoms with Gasteiger partial charge in [-0.2, -0.15) is 0 Å². The third-order valence-corrected chi connectivity index (χ3v) is 11.5. The average molecular weight is 903 g/mol. The molecule has 326 valence electrons. The van der Waals surface area contributed by atoms with E-state index < -0.39 is 0 Å². The number of ether oxygens (including phenoxy) is 3. The number of benzene rings is 6. The predicted molar refractivity (Wildman–Crippen MR) is 256 cm³/mol. The quantitative estimate of drug-likeness (QED) is 0.115. The molecule has 0 aliphatic heterocycles. The predicted octanol–water partition coefficient (Wildman–Crippen LogP) is 12.1. The van der Waals surface area contributed by atoms with E-state index in [9.17, 15) is 14.7 Å². The van der Waals surface area contributed by atoms with Crippen molar-refractivity contribution >= 4 is 56.9 Å². The Morgan fingerprint density at radius 2 is 1.12 bits per heavy atom. The zero-order chi connectivity index (χ0) is 45.3. The van der Waals surface area contributed by atoms with Crippen molar-refractivity contribution in [1.29, 1.82) is 0 Å². The molecule has 9 nitrogen and oxygen atoms in total. The second kappa shape index (κ2) is 20.5. The lowest BCUT2D eigenvalue weighted by Crippen LogP contribution is -2.06. The van der Waals surface area contributed by atoms with Crippen LogP contribution in [0.25, 0.3) is 21.8 Å². The maximum atomic E-state index is 12.2. The van der Waals surface area contributed by atoms with Crippen LogP contribution in [-0.2, 0) is 42.0 Å². The van der Waals surface area contributed by atoms with Gasteiger partial charge in [-0.05, 0) is 154 Å². The number of aromatic nitrogens is 3. The molecular weight excluding hydrogens is 858 g/mol. The van der Waals surface area contributed by atoms with E-state index in [0.29, 0.717) is 47.2 Å². The number of pyridine rings is 1. The number of phenols is 1. The van der Waals surface area contributed by atoms with E-state index in [1.807, 2.05) is 60.8 Å². The summed E-state index contributed by atoms with van der Waals surface area (Å²) in [6.07, 6.45) is 7.12. The Labute approximate surface area is 387 Å². The van der Waals surface area contributed by atoms with Crippen LogP contribution in [-0.4, -0.2) is 45.4 Å². The second-order valence-corrected chi connectivity index (χ2v) is 16.4. The van der Waals surface area contributed by atoms with Crippen molar-refractivity contribution in [2.45, 2.75) is 32.5 Å². The summed E-state index contributed by atoms with van der Waals surface area (Å²) < 4.78 is 20.1. The van der Waals surface area contributed by atoms with Gasteiger partial charge in [0, 0.05) is 52.8 Å². The van der Waals surface area contributed by atoms with Crippen LogP contribution in [0.4, 0.5) is 0 Å². The van der Waals surface area contributed by atoms with Crippen molar-refractivity contribution in [2.24, 2.45) is 0 Å². The Morgan fingerprint density at radius 1 is 0.569 bits per heavy atom. The molecule has 1 N–H and O–H groups in total. The first-order valence-electron chi connectivity index (χ1n) is 20.9. The van der Waals surface area contributed by atoms with Crippen LogP contribution in [0.15, 0.2) is 170 Å². The van der Waals surface area contributed by atoms with E-state index in [4.69, 9.17) is 37.4 Å². The molecule has 0 aliphatic carbocycles. The number of halogens is 2. The van der Waals surface area contributed by atoms with Crippen molar-refractivity contribution < 1.29 is 28.9 Å². The minimum Gasteiger partial charge on any atom is -0.508 e. The third kappa shape index (κ3) is 11.1. The highest BCUT2D eigenvalue weighted by atomic mass is 35.5. The first kappa shape index (κ1) is 44.3. The van der Waals surface area contributed by atoms with Gasteiger partial charge >= 0.3 is 11.9 Å². The highest BCUT2D eigenvalue weighted by Gasteiger charge is 2.16.